The fourth-order valence-corrected chi connectivity index (χ4v) is 6.55. The summed E-state index contributed by atoms with van der Waals surface area (Å²) in [5, 5.41) is 22.8. The molecule has 2 unspecified atom stereocenters. The molecule has 0 bridgehead atoms. The zero-order valence-corrected chi connectivity index (χ0v) is 22.3. The summed E-state index contributed by atoms with van der Waals surface area (Å²) in [5.74, 6) is -12.2. The van der Waals surface area contributed by atoms with Crippen LogP contribution < -0.4 is 10.6 Å². The molecule has 0 radical (unpaired) electrons. The Morgan fingerprint density at radius 2 is 1.68 bits per heavy atom. The van der Waals surface area contributed by atoms with Crippen molar-refractivity contribution in [3.05, 3.63) is 22.8 Å². The molecule has 4 rings (SSSR count). The summed E-state index contributed by atoms with van der Waals surface area (Å²) < 4.78 is 0. The number of primary amides is 1. The van der Waals surface area contributed by atoms with Gasteiger partial charge in [0.15, 0.2) is 40.4 Å². The van der Waals surface area contributed by atoms with Gasteiger partial charge < -0.3 is 20.8 Å². The molecule has 3 aliphatic carbocycles. The highest BCUT2D eigenvalue weighted by Gasteiger charge is 2.69. The van der Waals surface area contributed by atoms with Gasteiger partial charge in [-0.05, 0) is 44.5 Å². The van der Waals surface area contributed by atoms with Gasteiger partial charge in [0.05, 0.1) is 23.1 Å². The minimum absolute atomic E-state index is 0.0375. The third kappa shape index (κ3) is 3.63. The number of fused-ring (bicyclic) bond motifs is 3. The third-order valence-corrected chi connectivity index (χ3v) is 8.31. The average molecular weight is 528 g/mol. The second kappa shape index (κ2) is 9.09. The van der Waals surface area contributed by atoms with Crippen molar-refractivity contribution >= 4 is 40.5 Å². The van der Waals surface area contributed by atoms with Gasteiger partial charge in [-0.2, -0.15) is 0 Å². The normalized spacial score (nSPS) is 30.7. The molecular weight excluding hydrogens is 494 g/mol. The summed E-state index contributed by atoms with van der Waals surface area (Å²) in [6.07, 6.45) is 0.0905. The van der Waals surface area contributed by atoms with Crippen LogP contribution in [0.15, 0.2) is 6.07 Å². The summed E-state index contributed by atoms with van der Waals surface area (Å²) >= 11 is 0. The molecule has 2 fully saturated rings. The summed E-state index contributed by atoms with van der Waals surface area (Å²) in [7, 11) is 6.51. The zero-order chi connectivity index (χ0) is 28.6. The number of nitrogens with two attached hydrogens (primary N) is 1. The molecule has 0 heterocycles. The Morgan fingerprint density at radius 3 is 2.18 bits per heavy atom. The number of carbonyl (C=O) groups excluding carboxylic acids is 6. The molecule has 2 saturated carbocycles. The van der Waals surface area contributed by atoms with Crippen molar-refractivity contribution in [3.8, 4) is 5.75 Å². The molecule has 11 heteroatoms. The van der Waals surface area contributed by atoms with Crippen molar-refractivity contribution < 1.29 is 39.0 Å². The lowest BCUT2D eigenvalue weighted by atomic mass is 9.52. The number of rotatable bonds is 5. The van der Waals surface area contributed by atoms with Gasteiger partial charge in [0.2, 0.25) is 5.91 Å². The molecule has 0 saturated heterocycles. The summed E-state index contributed by atoms with van der Waals surface area (Å²) in [6.45, 7) is 3.31. The average Bonchev–Trinajstić information content (AvgIpc) is 2.80. The number of nitrogens with zero attached hydrogens (tertiary/aromatic N) is 2. The van der Waals surface area contributed by atoms with E-state index in [1.54, 1.807) is 32.8 Å². The molecule has 6 atom stereocenters. The third-order valence-electron chi connectivity index (χ3n) is 8.31. The van der Waals surface area contributed by atoms with Crippen molar-refractivity contribution in [2.45, 2.75) is 38.3 Å². The molecule has 0 aliphatic heterocycles. The molecule has 38 heavy (non-hydrogen) atoms. The highest BCUT2D eigenvalue weighted by atomic mass is 16.3. The summed E-state index contributed by atoms with van der Waals surface area (Å²) in [5.41, 5.74) is 3.27. The molecule has 1 aromatic rings. The van der Waals surface area contributed by atoms with E-state index >= 15 is 0 Å². The number of benzene rings is 1. The number of phenols is 1. The van der Waals surface area contributed by atoms with Crippen LogP contribution in [0.25, 0.3) is 0 Å². The lowest BCUT2D eigenvalue weighted by molar-refractivity contribution is -0.181. The highest BCUT2D eigenvalue weighted by Crippen LogP contribution is 2.52. The first-order valence-electron chi connectivity index (χ1n) is 12.5. The van der Waals surface area contributed by atoms with Crippen molar-refractivity contribution in [3.63, 3.8) is 0 Å². The van der Waals surface area contributed by atoms with Crippen molar-refractivity contribution in [2.24, 2.45) is 35.3 Å². The highest BCUT2D eigenvalue weighted by molar-refractivity contribution is 6.32. The number of amides is 1. The van der Waals surface area contributed by atoms with Crippen LogP contribution in [0.2, 0.25) is 0 Å². The van der Waals surface area contributed by atoms with Crippen LogP contribution in [0.3, 0.4) is 0 Å². The van der Waals surface area contributed by atoms with Crippen molar-refractivity contribution in [2.75, 3.05) is 33.1 Å². The van der Waals surface area contributed by atoms with Gasteiger partial charge >= 0.3 is 0 Å². The van der Waals surface area contributed by atoms with Crippen LogP contribution >= 0.6 is 0 Å². The van der Waals surface area contributed by atoms with Gasteiger partial charge in [0, 0.05) is 31.6 Å². The van der Waals surface area contributed by atoms with Crippen LogP contribution in [0.5, 0.6) is 5.75 Å². The first-order valence-corrected chi connectivity index (χ1v) is 12.5. The lowest BCUT2D eigenvalue weighted by Crippen LogP contribution is -2.74. The Hall–Kier alpha value is -3.44. The molecule has 0 aromatic heterocycles. The van der Waals surface area contributed by atoms with Crippen LogP contribution in [0.1, 0.15) is 46.5 Å². The van der Waals surface area contributed by atoms with E-state index in [-0.39, 0.29) is 24.0 Å². The van der Waals surface area contributed by atoms with E-state index in [1.165, 1.54) is 25.1 Å². The topological polar surface area (TPSA) is 175 Å². The van der Waals surface area contributed by atoms with Crippen LogP contribution in [-0.4, -0.2) is 89.8 Å². The monoisotopic (exact) mass is 527 g/mol. The minimum atomic E-state index is -2.79. The van der Waals surface area contributed by atoms with E-state index in [4.69, 9.17) is 5.73 Å². The molecule has 11 nitrogen and oxygen atoms in total. The fourth-order valence-electron chi connectivity index (χ4n) is 6.55. The SMILES string of the molecule is CC(C)C(=O)c1cc(N(C)C)c2c(c1O)C(=O)C1C(=O)[C@]3(O)C(=O)C(C(N)=O)C(=O)[C@@H](N(C)C)[C@@H]3C[C@@H]1C2. The minimum Gasteiger partial charge on any atom is -0.506 e. The molecular formula is C27H33N3O8. The standard InChI is InChI=1S/C27H33N3O8/c1-10(2)20(31)13-9-15(29(3)4)12-7-11-8-14-19(30(5)6)23(34)18(26(28)37)25(36)27(14,38)24(35)16(11)22(33)17(12)21(13)32/h9-11,14,16,18-19,32,38H,7-8H2,1-6H3,(H2,28,37)/t11-,14-,16?,18?,19-,27-/m0/s1. The van der Waals surface area contributed by atoms with Gasteiger partial charge in [-0.15, -0.1) is 0 Å². The Balaban J connectivity index is 1.92. The Bertz CT molecular complexity index is 1300. The molecule has 3 aliphatic rings. The number of aliphatic hydroxyl groups is 1. The van der Waals surface area contributed by atoms with Gasteiger partial charge in [0.25, 0.3) is 0 Å². The van der Waals surface area contributed by atoms with E-state index in [1.807, 2.05) is 0 Å². The smallest absolute Gasteiger partial charge is 0.235 e. The second-order valence-corrected chi connectivity index (χ2v) is 11.3. The molecule has 1 amide bonds. The Morgan fingerprint density at radius 1 is 1.08 bits per heavy atom. The summed E-state index contributed by atoms with van der Waals surface area (Å²) in [6, 6.07) is 0.364. The van der Waals surface area contributed by atoms with Gasteiger partial charge in [-0.25, -0.2) is 0 Å². The first kappa shape index (κ1) is 27.6. The predicted molar refractivity (Wildman–Crippen MR) is 135 cm³/mol. The van der Waals surface area contributed by atoms with E-state index in [2.05, 4.69) is 0 Å². The number of carbonyl (C=O) groups is 6. The first-order chi connectivity index (χ1) is 17.6. The number of hydrogen-bond acceptors (Lipinski definition) is 10. The van der Waals surface area contributed by atoms with Crippen LogP contribution in [-0.2, 0) is 25.6 Å². The van der Waals surface area contributed by atoms with E-state index in [0.29, 0.717) is 11.3 Å². The maximum atomic E-state index is 13.9. The maximum absolute atomic E-state index is 13.9. The van der Waals surface area contributed by atoms with E-state index < -0.39 is 81.8 Å². The quantitative estimate of drug-likeness (QED) is 0.343. The molecule has 1 aromatic carbocycles. The summed E-state index contributed by atoms with van der Waals surface area (Å²) in [4.78, 5) is 82.4. The number of Topliss-reactive ketones (excluding diaryl/α,β-unsaturated/α-hetero) is 5. The van der Waals surface area contributed by atoms with Crippen LogP contribution in [0.4, 0.5) is 5.69 Å². The predicted octanol–water partition coefficient (Wildman–Crippen LogP) is -0.228. The maximum Gasteiger partial charge on any atom is 0.235 e. The Kier molecular flexibility index (Phi) is 6.60. The number of ketones is 5. The molecule has 0 spiro atoms. The molecule has 204 valence electrons. The van der Waals surface area contributed by atoms with Gasteiger partial charge in [-0.3, -0.25) is 33.7 Å². The number of hydrogen-bond donors (Lipinski definition) is 3. The van der Waals surface area contributed by atoms with Crippen LogP contribution in [0, 0.1) is 29.6 Å². The fraction of sp³-hybridized carbons (Fsp3) is 0.556. The van der Waals surface area contributed by atoms with Crippen molar-refractivity contribution in [1.82, 2.24) is 4.90 Å². The number of anilines is 1. The lowest BCUT2D eigenvalue weighted by Gasteiger charge is -2.52. The van der Waals surface area contributed by atoms with E-state index in [9.17, 15) is 39.0 Å². The molecule has 4 N–H and O–H groups in total. The van der Waals surface area contributed by atoms with E-state index in [0.717, 1.165) is 0 Å². The Labute approximate surface area is 219 Å². The van der Waals surface area contributed by atoms with Gasteiger partial charge in [-0.1, -0.05) is 13.8 Å². The number of likely N-dealkylation sites (N-methyl/N-ethyl adjacent to an activating group) is 1. The zero-order valence-electron chi connectivity index (χ0n) is 22.3. The largest absolute Gasteiger partial charge is 0.506 e. The van der Waals surface area contributed by atoms with Gasteiger partial charge in [0.1, 0.15) is 5.75 Å². The number of aromatic hydroxyl groups is 1. The number of phenolic OH excluding ortho intramolecular Hbond substituents is 1. The van der Waals surface area contributed by atoms with Crippen molar-refractivity contribution in [1.29, 1.82) is 0 Å². The second-order valence-electron chi connectivity index (χ2n) is 11.3.